The predicted molar refractivity (Wildman–Crippen MR) is 33.2 cm³/mol. The van der Waals surface area contributed by atoms with E-state index >= 15 is 0 Å². The molecule has 0 aromatic heterocycles. The predicted octanol–water partition coefficient (Wildman–Crippen LogP) is 0.822. The molecule has 0 atom stereocenters. The summed E-state index contributed by atoms with van der Waals surface area (Å²) in [6, 6.07) is 0. The molecule has 0 aliphatic rings. The number of hydrogen-bond acceptors (Lipinski definition) is 1. The highest BCUT2D eigenvalue weighted by Gasteiger charge is 1.60. The average molecular weight is 111 g/mol. The Hall–Kier alpha value is -1.05. The zero-order valence-electron chi connectivity index (χ0n) is 4.79. The van der Waals surface area contributed by atoms with Crippen molar-refractivity contribution in [3.05, 3.63) is 24.4 Å². The Morgan fingerprint density at radius 3 is 2.62 bits per heavy atom. The highest BCUT2D eigenvalue weighted by molar-refractivity contribution is 5.47. The van der Waals surface area contributed by atoms with Gasteiger partial charge in [-0.25, -0.2) is 0 Å². The summed E-state index contributed by atoms with van der Waals surface area (Å²) in [5.74, 6) is 0. The summed E-state index contributed by atoms with van der Waals surface area (Å²) >= 11 is 0. The van der Waals surface area contributed by atoms with Crippen LogP contribution in [0.5, 0.6) is 0 Å². The number of allylic oxidation sites excluding steroid dienone is 3. The van der Waals surface area contributed by atoms with Gasteiger partial charge in [-0.15, -0.1) is 0 Å². The number of rotatable bonds is 3. The van der Waals surface area contributed by atoms with Gasteiger partial charge in [0.2, 0.25) is 6.41 Å². The number of nitrogens with one attached hydrogen (secondary N) is 1. The Morgan fingerprint density at radius 1 is 1.38 bits per heavy atom. The van der Waals surface area contributed by atoms with Crippen LogP contribution in [0, 0.1) is 0 Å². The molecule has 2 nitrogen and oxygen atoms in total. The molecule has 8 heavy (non-hydrogen) atoms. The van der Waals surface area contributed by atoms with Gasteiger partial charge in [0.15, 0.2) is 0 Å². The molecule has 1 amide bonds. The molecule has 2 heteroatoms. The van der Waals surface area contributed by atoms with E-state index < -0.39 is 0 Å². The number of amides is 1. The first-order chi connectivity index (χ1) is 3.91. The molecule has 0 saturated heterocycles. The SMILES string of the molecule is C/C=C\C=C/NC=O. The third kappa shape index (κ3) is 4.95. The van der Waals surface area contributed by atoms with Crippen LogP contribution in [0.2, 0.25) is 0 Å². The number of carbonyl (C=O) groups is 1. The van der Waals surface area contributed by atoms with Crippen molar-refractivity contribution >= 4 is 6.41 Å². The molecular weight excluding hydrogens is 102 g/mol. The monoisotopic (exact) mass is 111 g/mol. The van der Waals surface area contributed by atoms with Gasteiger partial charge in [-0.05, 0) is 13.0 Å². The lowest BCUT2D eigenvalue weighted by Crippen LogP contribution is -1.97. The fourth-order valence-corrected chi connectivity index (χ4v) is 0.262. The topological polar surface area (TPSA) is 29.1 Å². The van der Waals surface area contributed by atoms with Gasteiger partial charge in [-0.2, -0.15) is 0 Å². The van der Waals surface area contributed by atoms with E-state index in [1.54, 1.807) is 12.3 Å². The van der Waals surface area contributed by atoms with Crippen LogP contribution >= 0.6 is 0 Å². The normalized spacial score (nSPS) is 10.6. The molecule has 0 radical (unpaired) electrons. The Balaban J connectivity index is 3.19. The van der Waals surface area contributed by atoms with Crippen LogP contribution in [0.4, 0.5) is 0 Å². The minimum absolute atomic E-state index is 0.625. The van der Waals surface area contributed by atoms with Crippen molar-refractivity contribution in [2.45, 2.75) is 6.92 Å². The maximum atomic E-state index is 9.58. The second kappa shape index (κ2) is 5.95. The standard InChI is InChI=1S/C6H9NO/c1-2-3-4-5-7-6-8/h2-6H,1H3,(H,7,8)/b3-2-,5-4-. The molecule has 1 N–H and O–H groups in total. The second-order valence-corrected chi connectivity index (χ2v) is 1.17. The van der Waals surface area contributed by atoms with Crippen molar-refractivity contribution in [2.24, 2.45) is 0 Å². The second-order valence-electron chi connectivity index (χ2n) is 1.17. The fourth-order valence-electron chi connectivity index (χ4n) is 0.262. The van der Waals surface area contributed by atoms with E-state index in [2.05, 4.69) is 5.32 Å². The van der Waals surface area contributed by atoms with Crippen LogP contribution in [0.15, 0.2) is 24.4 Å². The highest BCUT2D eigenvalue weighted by Crippen LogP contribution is 1.69. The summed E-state index contributed by atoms with van der Waals surface area (Å²) in [4.78, 5) is 9.58. The van der Waals surface area contributed by atoms with Crippen LogP contribution in [0.1, 0.15) is 6.92 Å². The summed E-state index contributed by atoms with van der Waals surface area (Å²) in [6.07, 6.45) is 7.64. The molecule has 44 valence electrons. The Bertz CT molecular complexity index is 105. The van der Waals surface area contributed by atoms with Gasteiger partial charge in [0.1, 0.15) is 0 Å². The minimum atomic E-state index is 0.625. The van der Waals surface area contributed by atoms with Gasteiger partial charge in [-0.3, -0.25) is 4.79 Å². The van der Waals surface area contributed by atoms with E-state index in [4.69, 9.17) is 0 Å². The van der Waals surface area contributed by atoms with Crippen LogP contribution in [0.25, 0.3) is 0 Å². The van der Waals surface area contributed by atoms with E-state index in [0.717, 1.165) is 0 Å². The van der Waals surface area contributed by atoms with Crippen LogP contribution in [0.3, 0.4) is 0 Å². The summed E-state index contributed by atoms with van der Waals surface area (Å²) in [5.41, 5.74) is 0. The molecule has 0 rings (SSSR count). The molecule has 0 spiro atoms. The van der Waals surface area contributed by atoms with Crippen molar-refractivity contribution in [2.75, 3.05) is 0 Å². The summed E-state index contributed by atoms with van der Waals surface area (Å²) < 4.78 is 0. The first-order valence-electron chi connectivity index (χ1n) is 2.39. The fraction of sp³-hybridized carbons (Fsp3) is 0.167. The first-order valence-corrected chi connectivity index (χ1v) is 2.39. The average Bonchev–Trinajstić information content (AvgIpc) is 1.81. The molecule has 0 aliphatic heterocycles. The molecule has 0 heterocycles. The van der Waals surface area contributed by atoms with Gasteiger partial charge >= 0.3 is 0 Å². The van der Waals surface area contributed by atoms with Crippen molar-refractivity contribution in [3.8, 4) is 0 Å². The van der Waals surface area contributed by atoms with Crippen LogP contribution in [-0.4, -0.2) is 6.41 Å². The van der Waals surface area contributed by atoms with Crippen molar-refractivity contribution in [1.82, 2.24) is 5.32 Å². The molecule has 0 aromatic carbocycles. The third-order valence-electron chi connectivity index (χ3n) is 0.564. The van der Waals surface area contributed by atoms with Gasteiger partial charge in [0, 0.05) is 6.20 Å². The molecule has 0 unspecified atom stereocenters. The summed E-state index contributed by atoms with van der Waals surface area (Å²) in [5, 5.41) is 2.37. The summed E-state index contributed by atoms with van der Waals surface area (Å²) in [6.45, 7) is 1.91. The van der Waals surface area contributed by atoms with E-state index in [1.165, 1.54) is 0 Å². The van der Waals surface area contributed by atoms with Gasteiger partial charge in [-0.1, -0.05) is 12.2 Å². The quantitative estimate of drug-likeness (QED) is 0.424. The maximum absolute atomic E-state index is 9.58. The van der Waals surface area contributed by atoms with Crippen LogP contribution < -0.4 is 5.32 Å². The van der Waals surface area contributed by atoms with E-state index in [1.807, 2.05) is 19.1 Å². The Kier molecular flexibility index (Phi) is 5.17. The largest absolute Gasteiger partial charge is 0.335 e. The van der Waals surface area contributed by atoms with E-state index in [-0.39, 0.29) is 0 Å². The molecule has 0 aromatic rings. The molecule has 0 saturated carbocycles. The number of hydrogen-bond donors (Lipinski definition) is 1. The van der Waals surface area contributed by atoms with Gasteiger partial charge < -0.3 is 5.32 Å². The lowest BCUT2D eigenvalue weighted by molar-refractivity contribution is -0.108. The van der Waals surface area contributed by atoms with E-state index in [9.17, 15) is 4.79 Å². The van der Waals surface area contributed by atoms with Crippen molar-refractivity contribution < 1.29 is 4.79 Å². The van der Waals surface area contributed by atoms with Crippen molar-refractivity contribution in [3.63, 3.8) is 0 Å². The third-order valence-corrected chi connectivity index (χ3v) is 0.564. The van der Waals surface area contributed by atoms with E-state index in [0.29, 0.717) is 6.41 Å². The zero-order chi connectivity index (χ0) is 6.24. The van der Waals surface area contributed by atoms with Crippen LogP contribution in [-0.2, 0) is 4.79 Å². The molecule has 0 fully saturated rings. The highest BCUT2D eigenvalue weighted by atomic mass is 16.1. The van der Waals surface area contributed by atoms with Crippen molar-refractivity contribution in [1.29, 1.82) is 0 Å². The lowest BCUT2D eigenvalue weighted by Gasteiger charge is -1.76. The minimum Gasteiger partial charge on any atom is -0.335 e. The molecule has 0 aliphatic carbocycles. The van der Waals surface area contributed by atoms with Gasteiger partial charge in [0.25, 0.3) is 0 Å². The zero-order valence-corrected chi connectivity index (χ0v) is 4.79. The summed E-state index contributed by atoms with van der Waals surface area (Å²) in [7, 11) is 0. The molecular formula is C6H9NO. The lowest BCUT2D eigenvalue weighted by atomic mass is 10.5. The first kappa shape index (κ1) is 6.95. The Labute approximate surface area is 48.9 Å². The van der Waals surface area contributed by atoms with Gasteiger partial charge in [0.05, 0.1) is 0 Å². The smallest absolute Gasteiger partial charge is 0.211 e. The maximum Gasteiger partial charge on any atom is 0.211 e. The Morgan fingerprint density at radius 2 is 2.12 bits per heavy atom. The molecule has 0 bridgehead atoms. The number of carbonyl (C=O) groups excluding carboxylic acids is 1.